The van der Waals surface area contributed by atoms with Gasteiger partial charge in [-0.15, -0.1) is 0 Å². The zero-order valence-corrected chi connectivity index (χ0v) is 9.83. The summed E-state index contributed by atoms with van der Waals surface area (Å²) < 4.78 is 6.10. The summed E-state index contributed by atoms with van der Waals surface area (Å²) in [7, 11) is 0. The van der Waals surface area contributed by atoms with Gasteiger partial charge >= 0.3 is 0 Å². The third-order valence-electron chi connectivity index (χ3n) is 3.97. The maximum atomic E-state index is 6.10. The Bertz CT molecular complexity index is 386. The molecule has 2 heteroatoms. The molecule has 16 heavy (non-hydrogen) atoms. The van der Waals surface area contributed by atoms with Gasteiger partial charge in [0, 0.05) is 5.56 Å². The van der Waals surface area contributed by atoms with Crippen molar-refractivity contribution in [2.24, 2.45) is 0 Å². The molecule has 0 aromatic heterocycles. The van der Waals surface area contributed by atoms with Crippen LogP contribution in [-0.4, -0.2) is 12.6 Å². The highest BCUT2D eigenvalue weighted by Crippen LogP contribution is 2.48. The molecule has 1 N–H and O–H groups in total. The van der Waals surface area contributed by atoms with E-state index in [4.69, 9.17) is 4.74 Å². The summed E-state index contributed by atoms with van der Waals surface area (Å²) in [5.74, 6) is 1.09. The molecule has 0 radical (unpaired) electrons. The number of fused-ring (bicyclic) bond motifs is 3. The summed E-state index contributed by atoms with van der Waals surface area (Å²) in [4.78, 5) is 0. The monoisotopic (exact) mass is 217 g/mol. The van der Waals surface area contributed by atoms with Crippen LogP contribution in [0.2, 0.25) is 0 Å². The van der Waals surface area contributed by atoms with Gasteiger partial charge in [-0.2, -0.15) is 0 Å². The molecule has 86 valence electrons. The average molecular weight is 217 g/mol. The van der Waals surface area contributed by atoms with Gasteiger partial charge in [0.25, 0.3) is 0 Å². The van der Waals surface area contributed by atoms with Gasteiger partial charge in [0.1, 0.15) is 11.9 Å². The number of para-hydroxylation sites is 1. The van der Waals surface area contributed by atoms with Crippen LogP contribution in [-0.2, 0) is 5.54 Å². The van der Waals surface area contributed by atoms with Gasteiger partial charge in [0.15, 0.2) is 0 Å². The van der Waals surface area contributed by atoms with E-state index in [1.807, 2.05) is 0 Å². The van der Waals surface area contributed by atoms with Crippen molar-refractivity contribution in [1.29, 1.82) is 0 Å². The van der Waals surface area contributed by atoms with Gasteiger partial charge in [-0.3, -0.25) is 0 Å². The van der Waals surface area contributed by atoms with E-state index < -0.39 is 0 Å². The Balaban J connectivity index is 2.06. The largest absolute Gasteiger partial charge is 0.488 e. The SMILES string of the molecule is CCN[C@]12CCCC[C@H]1Oc1ccccc12. The van der Waals surface area contributed by atoms with Crippen molar-refractivity contribution in [3.63, 3.8) is 0 Å². The van der Waals surface area contributed by atoms with Crippen molar-refractivity contribution in [3.05, 3.63) is 29.8 Å². The second kappa shape index (κ2) is 3.77. The number of nitrogens with one attached hydrogen (secondary N) is 1. The lowest BCUT2D eigenvalue weighted by Gasteiger charge is -2.38. The van der Waals surface area contributed by atoms with Gasteiger partial charge in [-0.1, -0.05) is 31.5 Å². The van der Waals surface area contributed by atoms with Crippen LogP contribution in [0.5, 0.6) is 5.75 Å². The van der Waals surface area contributed by atoms with E-state index in [9.17, 15) is 0 Å². The van der Waals surface area contributed by atoms with Crippen LogP contribution >= 0.6 is 0 Å². The van der Waals surface area contributed by atoms with E-state index in [-0.39, 0.29) is 5.54 Å². The fourth-order valence-electron chi connectivity index (χ4n) is 3.31. The topological polar surface area (TPSA) is 21.3 Å². The molecular formula is C14H19NO. The molecule has 2 aliphatic rings. The van der Waals surface area contributed by atoms with Gasteiger partial charge in [-0.25, -0.2) is 0 Å². The van der Waals surface area contributed by atoms with E-state index in [1.165, 1.54) is 31.2 Å². The molecule has 2 atom stereocenters. The number of rotatable bonds is 2. The number of ether oxygens (including phenoxy) is 1. The van der Waals surface area contributed by atoms with Crippen molar-refractivity contribution in [3.8, 4) is 5.75 Å². The molecule has 1 heterocycles. The fraction of sp³-hybridized carbons (Fsp3) is 0.571. The maximum Gasteiger partial charge on any atom is 0.125 e. The van der Waals surface area contributed by atoms with E-state index in [0.717, 1.165) is 12.3 Å². The zero-order valence-electron chi connectivity index (χ0n) is 9.83. The fourth-order valence-corrected chi connectivity index (χ4v) is 3.31. The van der Waals surface area contributed by atoms with Gasteiger partial charge < -0.3 is 10.1 Å². The second-order valence-corrected chi connectivity index (χ2v) is 4.85. The molecule has 1 saturated carbocycles. The molecule has 2 nitrogen and oxygen atoms in total. The lowest BCUT2D eigenvalue weighted by molar-refractivity contribution is 0.0771. The van der Waals surface area contributed by atoms with Crippen molar-refractivity contribution in [2.45, 2.75) is 44.2 Å². The molecular weight excluding hydrogens is 198 g/mol. The smallest absolute Gasteiger partial charge is 0.125 e. The highest BCUT2D eigenvalue weighted by molar-refractivity contribution is 5.45. The molecule has 1 aliphatic carbocycles. The lowest BCUT2D eigenvalue weighted by Crippen LogP contribution is -2.52. The Morgan fingerprint density at radius 2 is 2.25 bits per heavy atom. The zero-order chi connectivity index (χ0) is 11.0. The van der Waals surface area contributed by atoms with Crippen LogP contribution in [0.25, 0.3) is 0 Å². The molecule has 0 saturated heterocycles. The molecule has 3 rings (SSSR count). The number of benzene rings is 1. The molecule has 1 fully saturated rings. The summed E-state index contributed by atoms with van der Waals surface area (Å²) in [6, 6.07) is 8.52. The minimum atomic E-state index is 0.101. The maximum absolute atomic E-state index is 6.10. The Morgan fingerprint density at radius 1 is 1.38 bits per heavy atom. The quantitative estimate of drug-likeness (QED) is 0.822. The van der Waals surface area contributed by atoms with E-state index in [1.54, 1.807) is 0 Å². The molecule has 0 bridgehead atoms. The summed E-state index contributed by atoms with van der Waals surface area (Å²) in [5, 5.41) is 3.69. The predicted molar refractivity (Wildman–Crippen MR) is 64.7 cm³/mol. The Kier molecular flexibility index (Phi) is 2.40. The first-order chi connectivity index (χ1) is 7.87. The normalized spacial score (nSPS) is 31.7. The number of hydrogen-bond acceptors (Lipinski definition) is 2. The lowest BCUT2D eigenvalue weighted by atomic mass is 9.76. The van der Waals surface area contributed by atoms with E-state index >= 15 is 0 Å². The number of hydrogen-bond donors (Lipinski definition) is 1. The van der Waals surface area contributed by atoms with Crippen LogP contribution in [0.3, 0.4) is 0 Å². The van der Waals surface area contributed by atoms with Crippen molar-refractivity contribution in [2.75, 3.05) is 6.54 Å². The van der Waals surface area contributed by atoms with E-state index in [2.05, 4.69) is 36.5 Å². The van der Waals surface area contributed by atoms with Crippen molar-refractivity contribution < 1.29 is 4.74 Å². The highest BCUT2D eigenvalue weighted by atomic mass is 16.5. The Labute approximate surface area is 97.0 Å². The third kappa shape index (κ3) is 1.29. The summed E-state index contributed by atoms with van der Waals surface area (Å²) in [5.41, 5.74) is 1.48. The number of likely N-dealkylation sites (N-methyl/N-ethyl adjacent to an activating group) is 1. The van der Waals surface area contributed by atoms with Crippen LogP contribution in [0.15, 0.2) is 24.3 Å². The first-order valence-electron chi connectivity index (χ1n) is 6.38. The van der Waals surface area contributed by atoms with Gasteiger partial charge in [0.2, 0.25) is 0 Å². The first kappa shape index (κ1) is 10.2. The first-order valence-corrected chi connectivity index (χ1v) is 6.38. The average Bonchev–Trinajstić information content (AvgIpc) is 2.64. The van der Waals surface area contributed by atoms with Crippen LogP contribution in [0, 0.1) is 0 Å². The summed E-state index contributed by atoms with van der Waals surface area (Å²) in [6.45, 7) is 3.19. The summed E-state index contributed by atoms with van der Waals surface area (Å²) >= 11 is 0. The summed E-state index contributed by atoms with van der Waals surface area (Å²) in [6.07, 6.45) is 5.34. The molecule has 1 aromatic rings. The molecule has 0 amide bonds. The highest BCUT2D eigenvalue weighted by Gasteiger charge is 2.49. The molecule has 1 aromatic carbocycles. The van der Waals surface area contributed by atoms with Gasteiger partial charge in [0.05, 0.1) is 5.54 Å². The standard InChI is InChI=1S/C14H19NO/c1-2-15-14-10-6-5-9-13(14)16-12-8-4-3-7-11(12)14/h3-4,7-8,13,15H,2,5-6,9-10H2,1H3/t13-,14+/m1/s1. The van der Waals surface area contributed by atoms with Crippen LogP contribution in [0.4, 0.5) is 0 Å². The second-order valence-electron chi connectivity index (χ2n) is 4.85. The van der Waals surface area contributed by atoms with Crippen molar-refractivity contribution >= 4 is 0 Å². The minimum Gasteiger partial charge on any atom is -0.488 e. The van der Waals surface area contributed by atoms with Crippen LogP contribution < -0.4 is 10.1 Å². The van der Waals surface area contributed by atoms with E-state index in [0.29, 0.717) is 6.10 Å². The van der Waals surface area contributed by atoms with Crippen LogP contribution in [0.1, 0.15) is 38.2 Å². The van der Waals surface area contributed by atoms with Crippen molar-refractivity contribution in [1.82, 2.24) is 5.32 Å². The predicted octanol–water partition coefficient (Wildman–Crippen LogP) is 2.83. The molecule has 0 unspecified atom stereocenters. The minimum absolute atomic E-state index is 0.101. The third-order valence-corrected chi connectivity index (χ3v) is 3.97. The van der Waals surface area contributed by atoms with Gasteiger partial charge in [-0.05, 0) is 31.9 Å². The molecule has 1 aliphatic heterocycles. The molecule has 0 spiro atoms. The Morgan fingerprint density at radius 3 is 3.12 bits per heavy atom. The Hall–Kier alpha value is -1.02.